The van der Waals surface area contributed by atoms with Crippen molar-refractivity contribution in [2.24, 2.45) is 0 Å². The maximum atomic E-state index is 14.5. The van der Waals surface area contributed by atoms with Gasteiger partial charge in [0.1, 0.15) is 18.2 Å². The van der Waals surface area contributed by atoms with Gasteiger partial charge in [-0.2, -0.15) is 0 Å². The van der Waals surface area contributed by atoms with Crippen molar-refractivity contribution in [3.8, 4) is 5.75 Å². The first-order chi connectivity index (χ1) is 16.3. The van der Waals surface area contributed by atoms with Crippen LogP contribution < -0.4 is 9.64 Å². The van der Waals surface area contributed by atoms with E-state index in [1.54, 1.807) is 44.2 Å². The summed E-state index contributed by atoms with van der Waals surface area (Å²) in [6.07, 6.45) is 5.16. The number of anilines is 1. The predicted molar refractivity (Wildman–Crippen MR) is 132 cm³/mol. The van der Waals surface area contributed by atoms with E-state index in [1.165, 1.54) is 12.1 Å². The second-order valence-electron chi connectivity index (χ2n) is 8.77. The highest BCUT2D eigenvalue weighted by atomic mass is 19.1. The van der Waals surface area contributed by atoms with Gasteiger partial charge in [0.15, 0.2) is 0 Å². The Labute approximate surface area is 201 Å². The number of hydrogen-bond donors (Lipinski definition) is 0. The number of amides is 2. The Morgan fingerprint density at radius 1 is 1.15 bits per heavy atom. The summed E-state index contributed by atoms with van der Waals surface area (Å²) in [6.45, 7) is 4.42. The first-order valence-electron chi connectivity index (χ1n) is 11.5. The van der Waals surface area contributed by atoms with Gasteiger partial charge in [-0.1, -0.05) is 18.2 Å². The van der Waals surface area contributed by atoms with Gasteiger partial charge >= 0.3 is 6.03 Å². The number of hydrogen-bond acceptors (Lipinski definition) is 4. The standard InChI is InChI=1S/C27H35FN2O4/c1-6-15-29(2)26(31)30(3)23-9-7-20(8-10-23)19-34-25-17-21(16-22(28)18-25)27(33-5)13-11-24(32-4)12-14-27/h6-10,16-18,24H,1,11-15,19H2,2-5H3. The maximum absolute atomic E-state index is 14.5. The van der Waals surface area contributed by atoms with Crippen LogP contribution >= 0.6 is 0 Å². The summed E-state index contributed by atoms with van der Waals surface area (Å²) in [5, 5.41) is 0. The van der Waals surface area contributed by atoms with E-state index in [0.29, 0.717) is 12.3 Å². The van der Waals surface area contributed by atoms with Crippen LogP contribution in [0.2, 0.25) is 0 Å². The third kappa shape index (κ3) is 5.96. The summed E-state index contributed by atoms with van der Waals surface area (Å²) in [4.78, 5) is 15.6. The molecule has 1 saturated carbocycles. The van der Waals surface area contributed by atoms with Gasteiger partial charge in [-0.05, 0) is 61.1 Å². The zero-order chi connectivity index (χ0) is 24.7. The van der Waals surface area contributed by atoms with Crippen LogP contribution in [0.1, 0.15) is 36.8 Å². The van der Waals surface area contributed by atoms with Gasteiger partial charge in [0.05, 0.1) is 11.7 Å². The molecule has 2 amide bonds. The van der Waals surface area contributed by atoms with E-state index in [1.807, 2.05) is 30.3 Å². The molecule has 0 aliphatic heterocycles. The van der Waals surface area contributed by atoms with Gasteiger partial charge in [0.2, 0.25) is 0 Å². The van der Waals surface area contributed by atoms with Crippen molar-refractivity contribution in [1.29, 1.82) is 0 Å². The lowest BCUT2D eigenvalue weighted by Crippen LogP contribution is -2.38. The summed E-state index contributed by atoms with van der Waals surface area (Å²) in [7, 11) is 6.86. The number of rotatable bonds is 9. The van der Waals surface area contributed by atoms with E-state index in [-0.39, 0.29) is 24.6 Å². The molecule has 34 heavy (non-hydrogen) atoms. The van der Waals surface area contributed by atoms with Crippen molar-refractivity contribution in [2.45, 2.75) is 44.0 Å². The third-order valence-corrected chi connectivity index (χ3v) is 6.61. The Morgan fingerprint density at radius 3 is 2.41 bits per heavy atom. The number of benzene rings is 2. The van der Waals surface area contributed by atoms with Crippen molar-refractivity contribution in [1.82, 2.24) is 4.90 Å². The smallest absolute Gasteiger partial charge is 0.324 e. The van der Waals surface area contributed by atoms with E-state index >= 15 is 0 Å². The predicted octanol–water partition coefficient (Wildman–Crippen LogP) is 5.51. The molecule has 0 radical (unpaired) electrons. The van der Waals surface area contributed by atoms with E-state index in [2.05, 4.69) is 6.58 Å². The molecule has 0 heterocycles. The molecule has 184 valence electrons. The number of carbonyl (C=O) groups is 1. The first kappa shape index (κ1) is 25.7. The Kier molecular flexibility index (Phi) is 8.69. The highest BCUT2D eigenvalue weighted by Gasteiger charge is 2.37. The lowest BCUT2D eigenvalue weighted by atomic mass is 9.78. The summed E-state index contributed by atoms with van der Waals surface area (Å²) >= 11 is 0. The van der Waals surface area contributed by atoms with Gasteiger partial charge in [-0.3, -0.25) is 4.90 Å². The summed E-state index contributed by atoms with van der Waals surface area (Å²) in [5.74, 6) is 0.111. The van der Waals surface area contributed by atoms with Crippen LogP contribution in [0.4, 0.5) is 14.9 Å². The van der Waals surface area contributed by atoms with Crippen LogP contribution in [0.3, 0.4) is 0 Å². The number of carbonyl (C=O) groups excluding carboxylic acids is 1. The van der Waals surface area contributed by atoms with Crippen molar-refractivity contribution in [3.63, 3.8) is 0 Å². The van der Waals surface area contributed by atoms with Gasteiger partial charge in [0, 0.05) is 46.6 Å². The number of likely N-dealkylation sites (N-methyl/N-ethyl adjacent to an activating group) is 1. The van der Waals surface area contributed by atoms with Crippen molar-refractivity contribution < 1.29 is 23.4 Å². The number of urea groups is 1. The minimum Gasteiger partial charge on any atom is -0.489 e. The normalized spacial score (nSPS) is 20.0. The van der Waals surface area contributed by atoms with Gasteiger partial charge < -0.3 is 19.1 Å². The molecule has 0 N–H and O–H groups in total. The molecule has 1 aliphatic carbocycles. The van der Waals surface area contributed by atoms with Gasteiger partial charge in [-0.25, -0.2) is 9.18 Å². The molecular formula is C27H35FN2O4. The van der Waals surface area contributed by atoms with Crippen LogP contribution in [-0.4, -0.2) is 51.9 Å². The van der Waals surface area contributed by atoms with Crippen LogP contribution in [0.25, 0.3) is 0 Å². The second-order valence-corrected chi connectivity index (χ2v) is 8.77. The van der Waals surface area contributed by atoms with Gasteiger partial charge in [0.25, 0.3) is 0 Å². The fourth-order valence-electron chi connectivity index (χ4n) is 4.43. The molecule has 0 bridgehead atoms. The zero-order valence-electron chi connectivity index (χ0n) is 20.6. The van der Waals surface area contributed by atoms with Crippen molar-refractivity contribution >= 4 is 11.7 Å². The maximum Gasteiger partial charge on any atom is 0.324 e. The SMILES string of the molecule is C=CCN(C)C(=O)N(C)c1ccc(COc2cc(F)cc(C3(OC)CCC(OC)CC3)c2)cc1. The lowest BCUT2D eigenvalue weighted by molar-refractivity contribution is -0.0764. The average molecular weight is 471 g/mol. The molecule has 0 saturated heterocycles. The molecule has 1 fully saturated rings. The van der Waals surface area contributed by atoms with E-state index in [4.69, 9.17) is 14.2 Å². The highest BCUT2D eigenvalue weighted by Crippen LogP contribution is 2.42. The molecule has 0 aromatic heterocycles. The molecule has 1 aliphatic rings. The molecule has 0 atom stereocenters. The average Bonchev–Trinajstić information content (AvgIpc) is 2.86. The largest absolute Gasteiger partial charge is 0.489 e. The molecule has 0 spiro atoms. The number of halogens is 1. The fourth-order valence-corrected chi connectivity index (χ4v) is 4.43. The summed E-state index contributed by atoms with van der Waals surface area (Å²) < 4.78 is 31.8. The quantitative estimate of drug-likeness (QED) is 0.454. The molecule has 7 heteroatoms. The fraction of sp³-hybridized carbons (Fsp3) is 0.444. The molecule has 0 unspecified atom stereocenters. The third-order valence-electron chi connectivity index (χ3n) is 6.61. The number of nitrogens with zero attached hydrogens (tertiary/aromatic N) is 2. The van der Waals surface area contributed by atoms with Crippen LogP contribution in [0.15, 0.2) is 55.1 Å². The van der Waals surface area contributed by atoms with Crippen molar-refractivity contribution in [3.05, 3.63) is 72.1 Å². The second kappa shape index (κ2) is 11.5. The van der Waals surface area contributed by atoms with Crippen LogP contribution in [0.5, 0.6) is 5.75 Å². The minimum absolute atomic E-state index is 0.122. The van der Waals surface area contributed by atoms with Crippen LogP contribution in [0, 0.1) is 5.82 Å². The lowest BCUT2D eigenvalue weighted by Gasteiger charge is -2.39. The highest BCUT2D eigenvalue weighted by molar-refractivity contribution is 5.91. The first-order valence-corrected chi connectivity index (χ1v) is 11.5. The molecule has 2 aromatic carbocycles. The Morgan fingerprint density at radius 2 is 1.82 bits per heavy atom. The summed E-state index contributed by atoms with van der Waals surface area (Å²) in [6, 6.07) is 12.2. The molecule has 3 rings (SSSR count). The van der Waals surface area contributed by atoms with E-state index in [0.717, 1.165) is 42.5 Å². The molecule has 2 aromatic rings. The Bertz CT molecular complexity index is 971. The number of ether oxygens (including phenoxy) is 3. The van der Waals surface area contributed by atoms with Crippen LogP contribution in [-0.2, 0) is 21.7 Å². The Balaban J connectivity index is 1.67. The summed E-state index contributed by atoms with van der Waals surface area (Å²) in [5.41, 5.74) is 1.94. The number of methoxy groups -OCH3 is 2. The Hall–Kier alpha value is -2.90. The molecule has 6 nitrogen and oxygen atoms in total. The minimum atomic E-state index is -0.535. The topological polar surface area (TPSA) is 51.2 Å². The van der Waals surface area contributed by atoms with E-state index in [9.17, 15) is 9.18 Å². The van der Waals surface area contributed by atoms with Gasteiger partial charge in [-0.15, -0.1) is 6.58 Å². The zero-order valence-corrected chi connectivity index (χ0v) is 20.6. The monoisotopic (exact) mass is 470 g/mol. The van der Waals surface area contributed by atoms with E-state index < -0.39 is 5.60 Å². The molecular weight excluding hydrogens is 435 g/mol. The van der Waals surface area contributed by atoms with Crippen molar-refractivity contribution in [2.75, 3.05) is 39.8 Å².